The van der Waals surface area contributed by atoms with Crippen LogP contribution in [0.15, 0.2) is 11.6 Å². The molecule has 0 bridgehead atoms. The highest BCUT2D eigenvalue weighted by Gasteiger charge is 2.58. The second kappa shape index (κ2) is 7.75. The Balaban J connectivity index is 1.45. The summed E-state index contributed by atoms with van der Waals surface area (Å²) in [6.07, 6.45) is 16.2. The molecule has 1 N–H and O–H groups in total. The van der Waals surface area contributed by atoms with Crippen molar-refractivity contribution >= 4 is 15.7 Å². The number of allylic oxidation sites excluding steroid dienone is 2. The predicted molar refractivity (Wildman–Crippen MR) is 124 cm³/mol. The lowest BCUT2D eigenvalue weighted by Crippen LogP contribution is -2.49. The van der Waals surface area contributed by atoms with Gasteiger partial charge in [-0.3, -0.25) is 0 Å². The third kappa shape index (κ3) is 3.70. The predicted octanol–water partition coefficient (Wildman–Crippen LogP) is 6.21. The first kappa shape index (κ1) is 22.0. The van der Waals surface area contributed by atoms with Crippen molar-refractivity contribution in [1.29, 1.82) is 0 Å². The molecule has 3 saturated carbocycles. The maximum absolute atomic E-state index is 10.4. The minimum absolute atomic E-state index is 0.123. The van der Waals surface area contributed by atoms with Crippen LogP contribution < -0.4 is 0 Å². The van der Waals surface area contributed by atoms with E-state index in [1.807, 2.05) is 13.8 Å². The Morgan fingerprint density at radius 1 is 1.14 bits per heavy atom. The third-order valence-corrected chi connectivity index (χ3v) is 10.5. The van der Waals surface area contributed by atoms with Crippen LogP contribution in [0.5, 0.6) is 0 Å². The second-order valence-corrected chi connectivity index (χ2v) is 12.1. The summed E-state index contributed by atoms with van der Waals surface area (Å²) in [5.74, 6) is 3.97. The minimum Gasteiger partial charge on any atom is -0.400 e. The maximum atomic E-state index is 10.4. The molecule has 0 aromatic carbocycles. The highest BCUT2D eigenvalue weighted by Crippen LogP contribution is 2.67. The van der Waals surface area contributed by atoms with Crippen LogP contribution in [0, 0.1) is 40.4 Å². The van der Waals surface area contributed by atoms with Crippen molar-refractivity contribution in [3.8, 4) is 0 Å². The quantitative estimate of drug-likeness (QED) is 0.436. The molecule has 1 nitrogen and oxygen atoms in total. The van der Waals surface area contributed by atoms with Gasteiger partial charge in [0.25, 0.3) is 0 Å². The fourth-order valence-corrected chi connectivity index (χ4v) is 8.19. The number of hydrogen-bond acceptors (Lipinski definition) is 1. The molecule has 0 aromatic rings. The Bertz CT molecular complexity index is 641. The van der Waals surface area contributed by atoms with Crippen LogP contribution in [0.2, 0.25) is 5.82 Å². The van der Waals surface area contributed by atoms with Gasteiger partial charge in [0.15, 0.2) is 0 Å². The fourth-order valence-electron chi connectivity index (χ4n) is 8.19. The van der Waals surface area contributed by atoms with Crippen molar-refractivity contribution in [1.82, 2.24) is 0 Å². The summed E-state index contributed by atoms with van der Waals surface area (Å²) in [6.45, 7) is 9.24. The molecule has 0 amide bonds. The number of hydrogen-bond donors (Lipinski definition) is 1. The van der Waals surface area contributed by atoms with Gasteiger partial charge in [-0.25, -0.2) is 0 Å². The van der Waals surface area contributed by atoms with Crippen molar-refractivity contribution in [2.24, 2.45) is 40.4 Å². The van der Waals surface area contributed by atoms with E-state index in [1.54, 1.807) is 5.57 Å². The molecule has 0 heterocycles. The molecular weight excluding hydrogens is 350 g/mol. The fraction of sp³-hybridized carbons (Fsp3) is 0.923. The van der Waals surface area contributed by atoms with Crippen molar-refractivity contribution in [2.45, 2.75) is 110 Å². The summed E-state index contributed by atoms with van der Waals surface area (Å²) in [5, 5.41) is 10.4. The zero-order valence-electron chi connectivity index (χ0n) is 19.4. The molecule has 3 fully saturated rings. The lowest BCUT2D eigenvalue weighted by atomic mass is 9.46. The van der Waals surface area contributed by atoms with Crippen LogP contribution in [0.4, 0.5) is 0 Å². The van der Waals surface area contributed by atoms with E-state index in [-0.39, 0.29) is 5.92 Å². The first-order chi connectivity index (χ1) is 13.6. The number of rotatable bonds is 5. The molecule has 4 radical (unpaired) electrons. The van der Waals surface area contributed by atoms with Gasteiger partial charge in [-0.1, -0.05) is 58.0 Å². The third-order valence-electron chi connectivity index (χ3n) is 10.5. The molecular formula is C26H42B2O. The van der Waals surface area contributed by atoms with E-state index in [0.717, 1.165) is 42.9 Å². The standard InChI is InChI=1S/C26H42B2O/c1-17(2)26(28,29)13-5-6-18-8-10-22-21-9-7-19-16-20(27)11-14-25(19,4)23(21)12-15-24(18,22)3/h7,17-18,20-23,29H,5-6,8-16H2,1-4H3/t18-,20?,21?,22?,23?,24?,25?,26?/m0/s1. The monoisotopic (exact) mass is 392 g/mol. The number of fused-ring (bicyclic) bond motifs is 5. The summed E-state index contributed by atoms with van der Waals surface area (Å²) in [4.78, 5) is 0. The zero-order valence-corrected chi connectivity index (χ0v) is 19.4. The Morgan fingerprint density at radius 2 is 1.90 bits per heavy atom. The molecule has 8 atom stereocenters. The maximum Gasteiger partial charge on any atom is 0.113 e. The zero-order chi connectivity index (χ0) is 21.0. The lowest BCUT2D eigenvalue weighted by molar-refractivity contribution is -0.0432. The Hall–Kier alpha value is -0.170. The van der Waals surface area contributed by atoms with Crippen LogP contribution >= 0.6 is 0 Å². The molecule has 0 saturated heterocycles. The first-order valence-corrected chi connectivity index (χ1v) is 12.5. The molecule has 0 spiro atoms. The Labute approximate surface area is 182 Å². The smallest absolute Gasteiger partial charge is 0.113 e. The molecule has 29 heavy (non-hydrogen) atoms. The van der Waals surface area contributed by atoms with E-state index in [0.29, 0.717) is 16.6 Å². The van der Waals surface area contributed by atoms with E-state index >= 15 is 0 Å². The average molecular weight is 392 g/mol. The molecule has 0 aliphatic heterocycles. The molecule has 4 rings (SSSR count). The molecule has 4 aliphatic carbocycles. The van der Waals surface area contributed by atoms with Crippen molar-refractivity contribution in [2.75, 3.05) is 0 Å². The van der Waals surface area contributed by atoms with Gasteiger partial charge in [-0.15, -0.1) is 0 Å². The summed E-state index contributed by atoms with van der Waals surface area (Å²) < 4.78 is 0. The van der Waals surface area contributed by atoms with Crippen molar-refractivity contribution < 1.29 is 5.11 Å². The normalized spacial score (nSPS) is 46.4. The van der Waals surface area contributed by atoms with E-state index in [2.05, 4.69) is 19.9 Å². The van der Waals surface area contributed by atoms with E-state index in [4.69, 9.17) is 15.7 Å². The van der Waals surface area contributed by atoms with Gasteiger partial charge in [0.2, 0.25) is 0 Å². The van der Waals surface area contributed by atoms with Crippen molar-refractivity contribution in [3.05, 3.63) is 11.6 Å². The molecule has 7 unspecified atom stereocenters. The van der Waals surface area contributed by atoms with Crippen LogP contribution in [0.25, 0.3) is 0 Å². The Morgan fingerprint density at radius 3 is 2.62 bits per heavy atom. The van der Waals surface area contributed by atoms with Gasteiger partial charge < -0.3 is 5.11 Å². The van der Waals surface area contributed by atoms with Gasteiger partial charge in [0.1, 0.15) is 7.85 Å². The molecule has 3 heteroatoms. The Kier molecular flexibility index (Phi) is 5.89. The van der Waals surface area contributed by atoms with Gasteiger partial charge >= 0.3 is 0 Å². The molecule has 4 aliphatic rings. The number of aliphatic hydroxyl groups is 1. The van der Waals surface area contributed by atoms with Crippen LogP contribution in [-0.2, 0) is 0 Å². The van der Waals surface area contributed by atoms with Gasteiger partial charge in [0.05, 0.1) is 7.85 Å². The minimum atomic E-state index is -1.00. The largest absolute Gasteiger partial charge is 0.400 e. The summed E-state index contributed by atoms with van der Waals surface area (Å²) in [7, 11) is 12.4. The van der Waals surface area contributed by atoms with Gasteiger partial charge in [-0.2, -0.15) is 0 Å². The molecule has 158 valence electrons. The topological polar surface area (TPSA) is 20.2 Å². The summed E-state index contributed by atoms with van der Waals surface area (Å²) in [6, 6.07) is 0. The van der Waals surface area contributed by atoms with E-state index < -0.39 is 5.50 Å². The van der Waals surface area contributed by atoms with E-state index in [1.165, 1.54) is 51.4 Å². The van der Waals surface area contributed by atoms with Gasteiger partial charge in [-0.05, 0) is 98.2 Å². The second-order valence-electron chi connectivity index (χ2n) is 12.1. The lowest BCUT2D eigenvalue weighted by Gasteiger charge is -2.58. The van der Waals surface area contributed by atoms with Crippen LogP contribution in [0.3, 0.4) is 0 Å². The average Bonchev–Trinajstić information content (AvgIpc) is 2.99. The summed E-state index contributed by atoms with van der Waals surface area (Å²) in [5.41, 5.74) is 1.62. The van der Waals surface area contributed by atoms with E-state index in [9.17, 15) is 5.11 Å². The summed E-state index contributed by atoms with van der Waals surface area (Å²) >= 11 is 0. The first-order valence-electron chi connectivity index (χ1n) is 12.5. The van der Waals surface area contributed by atoms with Crippen LogP contribution in [-0.4, -0.2) is 26.3 Å². The van der Waals surface area contributed by atoms with Gasteiger partial charge in [0, 0.05) is 5.50 Å². The SMILES string of the molecule is [B]C1CCC2(C)C(=CCC3C2CCC2(C)C3CC[C@@H]2CCCC([B])(O)C(C)C)C1. The highest BCUT2D eigenvalue weighted by molar-refractivity contribution is 6.14. The highest BCUT2D eigenvalue weighted by atomic mass is 16.3. The molecule has 0 aromatic heterocycles. The van der Waals surface area contributed by atoms with Crippen LogP contribution in [0.1, 0.15) is 98.3 Å². The van der Waals surface area contributed by atoms with Crippen molar-refractivity contribution in [3.63, 3.8) is 0 Å².